The molecule has 5 nitrogen and oxygen atoms in total. The van der Waals surface area contributed by atoms with Crippen molar-refractivity contribution in [3.63, 3.8) is 0 Å². The molecule has 2 amide bonds. The zero-order valence-electron chi connectivity index (χ0n) is 15.6. The summed E-state index contributed by atoms with van der Waals surface area (Å²) in [6.07, 6.45) is 0.402. The normalized spacial score (nSPS) is 42.3. The molecule has 0 aromatic heterocycles. The molecule has 8 heteroatoms. The highest BCUT2D eigenvalue weighted by Crippen LogP contribution is 2.59. The number of likely N-dealkylation sites (tertiary alicyclic amines) is 1. The molecule has 27 heavy (non-hydrogen) atoms. The maximum absolute atomic E-state index is 13.2. The van der Waals surface area contributed by atoms with E-state index in [4.69, 9.17) is 5.73 Å². The van der Waals surface area contributed by atoms with Gasteiger partial charge < -0.3 is 11.1 Å². The van der Waals surface area contributed by atoms with Gasteiger partial charge in [-0.3, -0.25) is 14.5 Å². The second kappa shape index (κ2) is 6.36. The zero-order valence-corrected chi connectivity index (χ0v) is 15.6. The highest BCUT2D eigenvalue weighted by molar-refractivity contribution is 5.83. The van der Waals surface area contributed by atoms with E-state index in [0.717, 1.165) is 19.3 Å². The summed E-state index contributed by atoms with van der Waals surface area (Å²) in [6.45, 7) is 1.86. The molecule has 1 heterocycles. The van der Waals surface area contributed by atoms with Gasteiger partial charge in [0.25, 0.3) is 0 Å². The molecule has 4 atom stereocenters. The minimum atomic E-state index is -4.30. The third-order valence-electron chi connectivity index (χ3n) is 7.65. The molecule has 0 aromatic rings. The highest BCUT2D eigenvalue weighted by Gasteiger charge is 2.58. The van der Waals surface area contributed by atoms with Gasteiger partial charge in [-0.2, -0.15) is 13.2 Å². The fourth-order valence-corrected chi connectivity index (χ4v) is 6.60. The first-order valence-corrected chi connectivity index (χ1v) is 10.0. The van der Waals surface area contributed by atoms with Crippen LogP contribution in [0.25, 0.3) is 0 Å². The lowest BCUT2D eigenvalue weighted by atomic mass is 9.47. The number of primary amides is 1. The number of nitrogens with zero attached hydrogens (tertiary/aromatic N) is 1. The lowest BCUT2D eigenvalue weighted by Crippen LogP contribution is -2.63. The van der Waals surface area contributed by atoms with Crippen molar-refractivity contribution in [2.75, 3.05) is 6.54 Å². The SMILES string of the molecule is CC(C(=O)NC1C2CC3CC1CC(C(N)=O)(C3)C2)N1CCCC1C(F)(F)F. The van der Waals surface area contributed by atoms with Crippen molar-refractivity contribution >= 4 is 11.8 Å². The first-order valence-electron chi connectivity index (χ1n) is 10.0. The third-order valence-corrected chi connectivity index (χ3v) is 7.65. The van der Waals surface area contributed by atoms with Crippen LogP contribution in [0.5, 0.6) is 0 Å². The molecule has 3 N–H and O–H groups in total. The van der Waals surface area contributed by atoms with E-state index in [9.17, 15) is 22.8 Å². The Labute approximate surface area is 157 Å². The predicted molar refractivity (Wildman–Crippen MR) is 92.4 cm³/mol. The summed E-state index contributed by atoms with van der Waals surface area (Å²) in [5.74, 6) is 0.337. The average Bonchev–Trinajstić information content (AvgIpc) is 3.06. The van der Waals surface area contributed by atoms with Gasteiger partial charge in [0.2, 0.25) is 11.8 Å². The number of carbonyl (C=O) groups is 2. The van der Waals surface area contributed by atoms with E-state index in [2.05, 4.69) is 5.32 Å². The topological polar surface area (TPSA) is 75.4 Å². The summed E-state index contributed by atoms with van der Waals surface area (Å²) in [4.78, 5) is 26.1. The molecule has 5 aliphatic rings. The van der Waals surface area contributed by atoms with Crippen molar-refractivity contribution in [2.45, 2.75) is 76.2 Å². The summed E-state index contributed by atoms with van der Waals surface area (Å²) in [6, 6.07) is -2.38. The van der Waals surface area contributed by atoms with E-state index < -0.39 is 23.7 Å². The minimum absolute atomic E-state index is 0.0454. The molecule has 4 aliphatic carbocycles. The lowest BCUT2D eigenvalue weighted by molar-refractivity contribution is -0.181. The number of halogens is 3. The van der Waals surface area contributed by atoms with Gasteiger partial charge in [-0.1, -0.05) is 0 Å². The molecular formula is C19H28F3N3O2. The van der Waals surface area contributed by atoms with Gasteiger partial charge in [0.05, 0.1) is 6.04 Å². The predicted octanol–water partition coefficient (Wildman–Crippen LogP) is 2.20. The van der Waals surface area contributed by atoms with E-state index >= 15 is 0 Å². The van der Waals surface area contributed by atoms with Crippen LogP contribution in [-0.4, -0.2) is 47.6 Å². The Bertz CT molecular complexity index is 622. The van der Waals surface area contributed by atoms with Crippen molar-refractivity contribution in [3.05, 3.63) is 0 Å². The van der Waals surface area contributed by atoms with Crippen LogP contribution >= 0.6 is 0 Å². The van der Waals surface area contributed by atoms with Crippen molar-refractivity contribution in [1.82, 2.24) is 10.2 Å². The second-order valence-electron chi connectivity index (χ2n) is 9.26. The van der Waals surface area contributed by atoms with Crippen molar-refractivity contribution < 1.29 is 22.8 Å². The molecule has 1 saturated heterocycles. The maximum Gasteiger partial charge on any atom is 0.404 e. The van der Waals surface area contributed by atoms with E-state index in [1.54, 1.807) is 6.92 Å². The van der Waals surface area contributed by atoms with E-state index in [-0.39, 0.29) is 36.1 Å². The number of hydrogen-bond donors (Lipinski definition) is 2. The first-order chi connectivity index (χ1) is 12.6. The van der Waals surface area contributed by atoms with Crippen LogP contribution < -0.4 is 11.1 Å². The Morgan fingerprint density at radius 3 is 2.37 bits per heavy atom. The molecule has 0 radical (unpaired) electrons. The molecule has 0 aromatic carbocycles. The van der Waals surface area contributed by atoms with Gasteiger partial charge in [-0.25, -0.2) is 0 Å². The van der Waals surface area contributed by atoms with Crippen molar-refractivity contribution in [1.29, 1.82) is 0 Å². The van der Waals surface area contributed by atoms with Gasteiger partial charge >= 0.3 is 6.18 Å². The fraction of sp³-hybridized carbons (Fsp3) is 0.895. The molecular weight excluding hydrogens is 359 g/mol. The van der Waals surface area contributed by atoms with E-state index in [0.29, 0.717) is 31.7 Å². The second-order valence-corrected chi connectivity index (χ2v) is 9.26. The summed E-state index contributed by atoms with van der Waals surface area (Å²) < 4.78 is 39.7. The molecule has 1 aliphatic heterocycles. The van der Waals surface area contributed by atoms with Crippen LogP contribution in [0, 0.1) is 23.2 Å². The quantitative estimate of drug-likeness (QED) is 0.777. The Morgan fingerprint density at radius 2 is 1.81 bits per heavy atom. The molecule has 5 fully saturated rings. The number of alkyl halides is 3. The minimum Gasteiger partial charge on any atom is -0.369 e. The van der Waals surface area contributed by atoms with E-state index in [1.807, 2.05) is 0 Å². The van der Waals surface area contributed by atoms with Gasteiger partial charge in [0.15, 0.2) is 0 Å². The van der Waals surface area contributed by atoms with Crippen LogP contribution in [-0.2, 0) is 9.59 Å². The van der Waals surface area contributed by atoms with Crippen LogP contribution in [0.15, 0.2) is 0 Å². The van der Waals surface area contributed by atoms with Gasteiger partial charge in [0, 0.05) is 11.5 Å². The Kier molecular flexibility index (Phi) is 4.48. The number of carbonyl (C=O) groups excluding carboxylic acids is 2. The maximum atomic E-state index is 13.2. The molecule has 152 valence electrons. The Hall–Kier alpha value is -1.31. The van der Waals surface area contributed by atoms with Crippen molar-refractivity contribution in [2.24, 2.45) is 28.9 Å². The number of nitrogens with two attached hydrogens (primary N) is 1. The Morgan fingerprint density at radius 1 is 1.19 bits per heavy atom. The molecule has 4 saturated carbocycles. The third kappa shape index (κ3) is 3.13. The Balaban J connectivity index is 1.44. The van der Waals surface area contributed by atoms with Crippen LogP contribution in [0.1, 0.15) is 51.9 Å². The molecule has 4 unspecified atom stereocenters. The number of nitrogens with one attached hydrogen (secondary N) is 1. The summed E-state index contributed by atoms with van der Waals surface area (Å²) in [5, 5.41) is 3.07. The number of amides is 2. The van der Waals surface area contributed by atoms with Crippen molar-refractivity contribution in [3.8, 4) is 0 Å². The highest BCUT2D eigenvalue weighted by atomic mass is 19.4. The summed E-state index contributed by atoms with van der Waals surface area (Å²) >= 11 is 0. The number of rotatable bonds is 4. The van der Waals surface area contributed by atoms with Gasteiger partial charge in [-0.15, -0.1) is 0 Å². The molecule has 0 spiro atoms. The van der Waals surface area contributed by atoms with Crippen LogP contribution in [0.2, 0.25) is 0 Å². The lowest BCUT2D eigenvalue weighted by Gasteiger charge is -2.59. The van der Waals surface area contributed by atoms with Gasteiger partial charge in [-0.05, 0) is 76.2 Å². The monoisotopic (exact) mass is 387 g/mol. The molecule has 4 bridgehead atoms. The first kappa shape index (κ1) is 19.0. The number of hydrogen-bond acceptors (Lipinski definition) is 3. The fourth-order valence-electron chi connectivity index (χ4n) is 6.60. The van der Waals surface area contributed by atoms with Crippen LogP contribution in [0.4, 0.5) is 13.2 Å². The summed E-state index contributed by atoms with van der Waals surface area (Å²) in [7, 11) is 0. The molecule has 5 rings (SSSR count). The van der Waals surface area contributed by atoms with Gasteiger partial charge in [0.1, 0.15) is 6.04 Å². The average molecular weight is 387 g/mol. The zero-order chi connectivity index (χ0) is 19.6. The largest absolute Gasteiger partial charge is 0.404 e. The standard InChI is InChI=1S/C19H28F3N3O2/c1-10(25-4-2-3-14(25)19(20,21)22)16(26)24-15-12-5-11-6-13(15)9-18(7-11,8-12)17(23)27/h10-15H,2-9H2,1H3,(H2,23,27)(H,24,26). The summed E-state index contributed by atoms with van der Waals surface area (Å²) in [5.41, 5.74) is 5.25. The smallest absolute Gasteiger partial charge is 0.369 e. The van der Waals surface area contributed by atoms with E-state index in [1.165, 1.54) is 4.90 Å². The van der Waals surface area contributed by atoms with Crippen LogP contribution in [0.3, 0.4) is 0 Å².